The molecule has 0 saturated heterocycles. The summed E-state index contributed by atoms with van der Waals surface area (Å²) in [6.45, 7) is 4.33. The standard InChI is InChI=1S/C20H22O2/c1-13(2)14-7-9-15(10-8-14)20(21)19-12-18(19)16-5-4-6-17(11-16)22-3/h4-11,13,18-19H,12H2,1-3H3. The summed E-state index contributed by atoms with van der Waals surface area (Å²) in [4.78, 5) is 12.6. The van der Waals surface area contributed by atoms with Crippen molar-refractivity contribution in [3.63, 3.8) is 0 Å². The van der Waals surface area contributed by atoms with Gasteiger partial charge in [-0.05, 0) is 41.5 Å². The first-order valence-corrected chi connectivity index (χ1v) is 7.88. The highest BCUT2D eigenvalue weighted by Gasteiger charge is 2.44. The van der Waals surface area contributed by atoms with E-state index in [0.717, 1.165) is 17.7 Å². The zero-order chi connectivity index (χ0) is 15.7. The molecule has 2 nitrogen and oxygen atoms in total. The quantitative estimate of drug-likeness (QED) is 0.740. The zero-order valence-corrected chi connectivity index (χ0v) is 13.4. The van der Waals surface area contributed by atoms with Crippen LogP contribution in [0.2, 0.25) is 0 Å². The molecule has 114 valence electrons. The van der Waals surface area contributed by atoms with Crippen LogP contribution in [-0.2, 0) is 0 Å². The maximum absolute atomic E-state index is 12.6. The van der Waals surface area contributed by atoms with Gasteiger partial charge in [0.1, 0.15) is 5.75 Å². The predicted molar refractivity (Wildman–Crippen MR) is 88.7 cm³/mol. The Bertz CT molecular complexity index is 670. The molecule has 1 fully saturated rings. The molecule has 1 aliphatic rings. The third-order valence-corrected chi connectivity index (χ3v) is 4.51. The SMILES string of the molecule is COc1cccc(C2CC2C(=O)c2ccc(C(C)C)cc2)c1. The lowest BCUT2D eigenvalue weighted by atomic mass is 9.98. The highest BCUT2D eigenvalue weighted by atomic mass is 16.5. The smallest absolute Gasteiger partial charge is 0.166 e. The second-order valence-electron chi connectivity index (χ2n) is 6.37. The fourth-order valence-corrected chi connectivity index (χ4v) is 2.97. The first-order chi connectivity index (χ1) is 10.6. The molecule has 2 aromatic carbocycles. The van der Waals surface area contributed by atoms with Crippen LogP contribution in [0.5, 0.6) is 5.75 Å². The number of benzene rings is 2. The van der Waals surface area contributed by atoms with Crippen LogP contribution in [0.25, 0.3) is 0 Å². The van der Waals surface area contributed by atoms with Gasteiger partial charge in [-0.15, -0.1) is 0 Å². The summed E-state index contributed by atoms with van der Waals surface area (Å²) >= 11 is 0. The van der Waals surface area contributed by atoms with Crippen LogP contribution >= 0.6 is 0 Å². The lowest BCUT2D eigenvalue weighted by Crippen LogP contribution is -2.03. The van der Waals surface area contributed by atoms with E-state index >= 15 is 0 Å². The first-order valence-electron chi connectivity index (χ1n) is 7.88. The number of rotatable bonds is 5. The molecule has 0 N–H and O–H groups in total. The van der Waals surface area contributed by atoms with Crippen molar-refractivity contribution in [2.24, 2.45) is 5.92 Å². The molecule has 0 aliphatic heterocycles. The number of carbonyl (C=O) groups is 1. The van der Waals surface area contributed by atoms with Crippen LogP contribution in [0.1, 0.15) is 53.6 Å². The molecule has 3 rings (SSSR count). The van der Waals surface area contributed by atoms with Crippen molar-refractivity contribution < 1.29 is 9.53 Å². The fourth-order valence-electron chi connectivity index (χ4n) is 2.97. The van der Waals surface area contributed by atoms with Crippen LogP contribution in [0, 0.1) is 5.92 Å². The molecule has 2 heteroatoms. The Morgan fingerprint density at radius 2 is 1.86 bits per heavy atom. The minimum Gasteiger partial charge on any atom is -0.497 e. The monoisotopic (exact) mass is 294 g/mol. The summed E-state index contributed by atoms with van der Waals surface area (Å²) in [6, 6.07) is 16.1. The van der Waals surface area contributed by atoms with Gasteiger partial charge in [-0.2, -0.15) is 0 Å². The first kappa shape index (κ1) is 14.8. The number of carbonyl (C=O) groups excluding carboxylic acids is 1. The molecule has 0 bridgehead atoms. The van der Waals surface area contributed by atoms with Crippen molar-refractivity contribution in [3.8, 4) is 5.75 Å². The van der Waals surface area contributed by atoms with E-state index in [1.165, 1.54) is 11.1 Å². The minimum atomic E-state index is 0.122. The molecule has 0 spiro atoms. The van der Waals surface area contributed by atoms with E-state index in [9.17, 15) is 4.79 Å². The highest BCUT2D eigenvalue weighted by Crippen LogP contribution is 2.49. The number of ether oxygens (including phenoxy) is 1. The van der Waals surface area contributed by atoms with Gasteiger partial charge in [0, 0.05) is 11.5 Å². The second-order valence-corrected chi connectivity index (χ2v) is 6.37. The topological polar surface area (TPSA) is 26.3 Å². The van der Waals surface area contributed by atoms with E-state index in [2.05, 4.69) is 32.0 Å². The van der Waals surface area contributed by atoms with E-state index in [0.29, 0.717) is 11.8 Å². The molecule has 0 amide bonds. The van der Waals surface area contributed by atoms with Crippen LogP contribution in [0.3, 0.4) is 0 Å². The van der Waals surface area contributed by atoms with Crippen LogP contribution < -0.4 is 4.74 Å². The molecular formula is C20H22O2. The third-order valence-electron chi connectivity index (χ3n) is 4.51. The van der Waals surface area contributed by atoms with E-state index in [-0.39, 0.29) is 11.7 Å². The average molecular weight is 294 g/mol. The van der Waals surface area contributed by atoms with E-state index < -0.39 is 0 Å². The van der Waals surface area contributed by atoms with Gasteiger partial charge in [-0.25, -0.2) is 0 Å². The van der Waals surface area contributed by atoms with Crippen molar-refractivity contribution in [2.45, 2.75) is 32.1 Å². The average Bonchev–Trinajstić information content (AvgIpc) is 3.35. The molecule has 0 aromatic heterocycles. The summed E-state index contributed by atoms with van der Waals surface area (Å²) in [6.07, 6.45) is 0.942. The van der Waals surface area contributed by atoms with Crippen molar-refractivity contribution in [1.82, 2.24) is 0 Å². The molecule has 22 heavy (non-hydrogen) atoms. The summed E-state index contributed by atoms with van der Waals surface area (Å²) in [7, 11) is 1.67. The van der Waals surface area contributed by atoms with Crippen molar-refractivity contribution in [1.29, 1.82) is 0 Å². The normalized spacial score (nSPS) is 20.0. The van der Waals surface area contributed by atoms with E-state index in [1.54, 1.807) is 7.11 Å². The summed E-state index contributed by atoms with van der Waals surface area (Å²) < 4.78 is 5.26. The van der Waals surface area contributed by atoms with Gasteiger partial charge in [-0.3, -0.25) is 4.79 Å². The highest BCUT2D eigenvalue weighted by molar-refractivity contribution is 6.00. The summed E-state index contributed by atoms with van der Waals surface area (Å²) in [5, 5.41) is 0. The largest absolute Gasteiger partial charge is 0.497 e. The Balaban J connectivity index is 1.72. The van der Waals surface area contributed by atoms with Gasteiger partial charge in [0.05, 0.1) is 7.11 Å². The zero-order valence-electron chi connectivity index (χ0n) is 13.4. The van der Waals surface area contributed by atoms with Crippen LogP contribution in [0.15, 0.2) is 48.5 Å². The van der Waals surface area contributed by atoms with Gasteiger partial charge in [0.25, 0.3) is 0 Å². The summed E-state index contributed by atoms with van der Waals surface area (Å²) in [5.41, 5.74) is 3.31. The fraction of sp³-hybridized carbons (Fsp3) is 0.350. The van der Waals surface area contributed by atoms with Gasteiger partial charge >= 0.3 is 0 Å². The van der Waals surface area contributed by atoms with Gasteiger partial charge in [0.15, 0.2) is 5.78 Å². The Morgan fingerprint density at radius 3 is 2.50 bits per heavy atom. The Labute approximate surface area is 132 Å². The number of methoxy groups -OCH3 is 1. The Hall–Kier alpha value is -2.09. The van der Waals surface area contributed by atoms with E-state index in [4.69, 9.17) is 4.74 Å². The van der Waals surface area contributed by atoms with Crippen molar-refractivity contribution in [3.05, 3.63) is 65.2 Å². The number of hydrogen-bond acceptors (Lipinski definition) is 2. The number of ketones is 1. The summed E-state index contributed by atoms with van der Waals surface area (Å²) in [5.74, 6) is 2.08. The second kappa shape index (κ2) is 5.96. The van der Waals surface area contributed by atoms with Crippen molar-refractivity contribution >= 4 is 5.78 Å². The Morgan fingerprint density at radius 1 is 1.14 bits per heavy atom. The van der Waals surface area contributed by atoms with Gasteiger partial charge in [-0.1, -0.05) is 50.2 Å². The van der Waals surface area contributed by atoms with Crippen molar-refractivity contribution in [2.75, 3.05) is 7.11 Å². The van der Waals surface area contributed by atoms with Gasteiger partial charge in [0.2, 0.25) is 0 Å². The van der Waals surface area contributed by atoms with Crippen LogP contribution in [-0.4, -0.2) is 12.9 Å². The molecule has 2 unspecified atom stereocenters. The predicted octanol–water partition coefficient (Wildman–Crippen LogP) is 4.81. The molecule has 1 saturated carbocycles. The number of hydrogen-bond donors (Lipinski definition) is 0. The molecule has 0 heterocycles. The molecular weight excluding hydrogens is 272 g/mol. The van der Waals surface area contributed by atoms with E-state index in [1.807, 2.05) is 30.3 Å². The Kier molecular flexibility index (Phi) is 4.02. The molecule has 2 atom stereocenters. The minimum absolute atomic E-state index is 0.122. The molecule has 2 aromatic rings. The lowest BCUT2D eigenvalue weighted by Gasteiger charge is -2.07. The van der Waals surface area contributed by atoms with Crippen LogP contribution in [0.4, 0.5) is 0 Å². The third kappa shape index (κ3) is 2.92. The molecule has 0 radical (unpaired) electrons. The number of Topliss-reactive ketones (excluding diaryl/α,β-unsaturated/α-hetero) is 1. The maximum Gasteiger partial charge on any atom is 0.166 e. The molecule has 1 aliphatic carbocycles. The van der Waals surface area contributed by atoms with Gasteiger partial charge < -0.3 is 4.74 Å². The maximum atomic E-state index is 12.6. The lowest BCUT2D eigenvalue weighted by molar-refractivity contribution is 0.0965.